The quantitative estimate of drug-likeness (QED) is 0.726. The van der Waals surface area contributed by atoms with Gasteiger partial charge in [0.1, 0.15) is 6.07 Å². The molecule has 76 valence electrons. The summed E-state index contributed by atoms with van der Waals surface area (Å²) in [6, 6.07) is 6.42. The van der Waals surface area contributed by atoms with Crippen LogP contribution in [0.1, 0.15) is 19.4 Å². The molecule has 0 fully saturated rings. The standard InChI is InChI=1S/C9H8FNO.C2H6/c1-7-3-2-4-8(10)9(7)12-6-5-11;1-2/h2-4H,6H2,1H3;1-2H3. The normalized spacial score (nSPS) is 8.21. The summed E-state index contributed by atoms with van der Waals surface area (Å²) >= 11 is 0. The Kier molecular flexibility index (Phi) is 6.13. The molecular formula is C11H14FNO. The first-order valence-corrected chi connectivity index (χ1v) is 4.50. The Morgan fingerprint density at radius 1 is 1.43 bits per heavy atom. The molecule has 0 amide bonds. The van der Waals surface area contributed by atoms with Crippen molar-refractivity contribution in [2.24, 2.45) is 0 Å². The summed E-state index contributed by atoms with van der Waals surface area (Å²) in [5.74, 6) is -0.260. The first-order chi connectivity index (χ1) is 6.75. The van der Waals surface area contributed by atoms with E-state index in [-0.39, 0.29) is 12.4 Å². The number of nitrogens with zero attached hydrogens (tertiary/aromatic N) is 1. The molecule has 0 aliphatic heterocycles. The molecule has 0 saturated heterocycles. The average Bonchev–Trinajstić information content (AvgIpc) is 2.20. The van der Waals surface area contributed by atoms with Gasteiger partial charge in [0.25, 0.3) is 0 Å². The minimum atomic E-state index is -0.426. The zero-order chi connectivity index (χ0) is 11.0. The van der Waals surface area contributed by atoms with Gasteiger partial charge in [0.15, 0.2) is 18.2 Å². The topological polar surface area (TPSA) is 33.0 Å². The lowest BCUT2D eigenvalue weighted by atomic mass is 10.2. The van der Waals surface area contributed by atoms with E-state index in [0.29, 0.717) is 5.56 Å². The van der Waals surface area contributed by atoms with Crippen LogP contribution in [0.5, 0.6) is 5.75 Å². The third kappa shape index (κ3) is 3.44. The molecule has 1 aromatic rings. The summed E-state index contributed by atoms with van der Waals surface area (Å²) in [4.78, 5) is 0. The van der Waals surface area contributed by atoms with E-state index in [2.05, 4.69) is 0 Å². The van der Waals surface area contributed by atoms with Crippen LogP contribution in [0.15, 0.2) is 18.2 Å². The van der Waals surface area contributed by atoms with Gasteiger partial charge in [-0.15, -0.1) is 0 Å². The maximum Gasteiger partial charge on any atom is 0.174 e. The third-order valence-corrected chi connectivity index (χ3v) is 1.44. The Balaban J connectivity index is 0.000000791. The summed E-state index contributed by atoms with van der Waals surface area (Å²) in [7, 11) is 0. The highest BCUT2D eigenvalue weighted by Crippen LogP contribution is 2.20. The zero-order valence-electron chi connectivity index (χ0n) is 8.67. The molecule has 0 N–H and O–H groups in total. The molecule has 14 heavy (non-hydrogen) atoms. The van der Waals surface area contributed by atoms with E-state index in [4.69, 9.17) is 10.00 Å². The molecule has 0 aliphatic carbocycles. The molecular weight excluding hydrogens is 181 g/mol. The number of benzene rings is 1. The van der Waals surface area contributed by atoms with Gasteiger partial charge in [0.2, 0.25) is 0 Å². The smallest absolute Gasteiger partial charge is 0.174 e. The largest absolute Gasteiger partial charge is 0.475 e. The van der Waals surface area contributed by atoms with Crippen molar-refractivity contribution in [1.82, 2.24) is 0 Å². The summed E-state index contributed by atoms with van der Waals surface area (Å²) in [6.07, 6.45) is 0. The van der Waals surface area contributed by atoms with Crippen LogP contribution in [0.3, 0.4) is 0 Å². The van der Waals surface area contributed by atoms with Crippen LogP contribution < -0.4 is 4.74 Å². The van der Waals surface area contributed by atoms with Crippen molar-refractivity contribution in [2.45, 2.75) is 20.8 Å². The minimum absolute atomic E-state index is 0.123. The Labute approximate surface area is 83.9 Å². The Bertz CT molecular complexity index is 297. The lowest BCUT2D eigenvalue weighted by molar-refractivity contribution is 0.343. The van der Waals surface area contributed by atoms with Crippen molar-refractivity contribution in [1.29, 1.82) is 5.26 Å². The number of hydrogen-bond donors (Lipinski definition) is 0. The highest BCUT2D eigenvalue weighted by molar-refractivity contribution is 5.33. The van der Waals surface area contributed by atoms with Crippen molar-refractivity contribution in [2.75, 3.05) is 6.61 Å². The van der Waals surface area contributed by atoms with Gasteiger partial charge in [-0.1, -0.05) is 26.0 Å². The maximum absolute atomic E-state index is 12.9. The van der Waals surface area contributed by atoms with Gasteiger partial charge in [0, 0.05) is 0 Å². The van der Waals surface area contributed by atoms with Crippen molar-refractivity contribution in [3.63, 3.8) is 0 Å². The zero-order valence-corrected chi connectivity index (χ0v) is 8.67. The number of aryl methyl sites for hydroxylation is 1. The fourth-order valence-electron chi connectivity index (χ4n) is 0.904. The van der Waals surface area contributed by atoms with Crippen molar-refractivity contribution >= 4 is 0 Å². The van der Waals surface area contributed by atoms with Crippen LogP contribution in [-0.4, -0.2) is 6.61 Å². The van der Waals surface area contributed by atoms with Crippen molar-refractivity contribution in [3.05, 3.63) is 29.6 Å². The molecule has 2 nitrogen and oxygen atoms in total. The average molecular weight is 195 g/mol. The number of hydrogen-bond acceptors (Lipinski definition) is 2. The molecule has 0 radical (unpaired) electrons. The van der Waals surface area contributed by atoms with Crippen LogP contribution in [-0.2, 0) is 0 Å². The van der Waals surface area contributed by atoms with Gasteiger partial charge in [0.05, 0.1) is 0 Å². The van der Waals surface area contributed by atoms with E-state index in [9.17, 15) is 4.39 Å². The molecule has 0 spiro atoms. The van der Waals surface area contributed by atoms with E-state index >= 15 is 0 Å². The van der Waals surface area contributed by atoms with Gasteiger partial charge in [-0.2, -0.15) is 5.26 Å². The lowest BCUT2D eigenvalue weighted by Gasteiger charge is -2.05. The first kappa shape index (κ1) is 12.4. The van der Waals surface area contributed by atoms with Crippen LogP contribution in [0, 0.1) is 24.1 Å². The molecule has 0 aliphatic rings. The molecule has 0 atom stereocenters. The SMILES string of the molecule is CC.Cc1cccc(F)c1OCC#N. The second-order valence-corrected chi connectivity index (χ2v) is 2.33. The monoisotopic (exact) mass is 195 g/mol. The number of para-hydroxylation sites is 1. The molecule has 0 bridgehead atoms. The summed E-state index contributed by atoms with van der Waals surface area (Å²) in [6.45, 7) is 5.61. The highest BCUT2D eigenvalue weighted by atomic mass is 19.1. The second-order valence-electron chi connectivity index (χ2n) is 2.33. The maximum atomic E-state index is 12.9. The summed E-state index contributed by atoms with van der Waals surface area (Å²) in [5.41, 5.74) is 0.699. The Hall–Kier alpha value is -1.56. The van der Waals surface area contributed by atoms with Gasteiger partial charge in [-0.3, -0.25) is 0 Å². The number of rotatable bonds is 2. The molecule has 0 aromatic heterocycles. The summed E-state index contributed by atoms with van der Waals surface area (Å²) < 4.78 is 17.8. The second kappa shape index (κ2) is 6.90. The minimum Gasteiger partial charge on any atom is -0.475 e. The Morgan fingerprint density at radius 2 is 2.07 bits per heavy atom. The lowest BCUT2D eigenvalue weighted by Crippen LogP contribution is -1.97. The summed E-state index contributed by atoms with van der Waals surface area (Å²) in [5, 5.41) is 8.21. The van der Waals surface area contributed by atoms with Crippen molar-refractivity contribution < 1.29 is 9.13 Å². The van der Waals surface area contributed by atoms with Gasteiger partial charge >= 0.3 is 0 Å². The molecule has 0 saturated carbocycles. The molecule has 0 unspecified atom stereocenters. The fraction of sp³-hybridized carbons (Fsp3) is 0.364. The van der Waals surface area contributed by atoms with E-state index in [1.54, 1.807) is 25.1 Å². The highest BCUT2D eigenvalue weighted by Gasteiger charge is 2.04. The van der Waals surface area contributed by atoms with Gasteiger partial charge < -0.3 is 4.74 Å². The molecule has 3 heteroatoms. The molecule has 1 aromatic carbocycles. The van der Waals surface area contributed by atoms with Gasteiger partial charge in [-0.25, -0.2) is 4.39 Å². The van der Waals surface area contributed by atoms with Crippen LogP contribution in [0.4, 0.5) is 4.39 Å². The van der Waals surface area contributed by atoms with Crippen molar-refractivity contribution in [3.8, 4) is 11.8 Å². The van der Waals surface area contributed by atoms with E-state index in [1.807, 2.05) is 13.8 Å². The fourth-order valence-corrected chi connectivity index (χ4v) is 0.904. The number of halogens is 1. The predicted octanol–water partition coefficient (Wildman–Crippen LogP) is 3.06. The molecule has 1 rings (SSSR count). The first-order valence-electron chi connectivity index (χ1n) is 4.50. The van der Waals surface area contributed by atoms with Crippen LogP contribution >= 0.6 is 0 Å². The van der Waals surface area contributed by atoms with Crippen LogP contribution in [0.2, 0.25) is 0 Å². The number of ether oxygens (including phenoxy) is 1. The van der Waals surface area contributed by atoms with E-state index < -0.39 is 5.82 Å². The Morgan fingerprint density at radius 3 is 2.57 bits per heavy atom. The van der Waals surface area contributed by atoms with E-state index in [1.165, 1.54) is 6.07 Å². The van der Waals surface area contributed by atoms with E-state index in [0.717, 1.165) is 0 Å². The van der Waals surface area contributed by atoms with Crippen LogP contribution in [0.25, 0.3) is 0 Å². The third-order valence-electron chi connectivity index (χ3n) is 1.44. The number of nitriles is 1. The van der Waals surface area contributed by atoms with Gasteiger partial charge in [-0.05, 0) is 18.6 Å². The molecule has 0 heterocycles. The predicted molar refractivity (Wildman–Crippen MR) is 53.6 cm³/mol.